The fraction of sp³-hybridized carbons (Fsp3) is 0.350. The van der Waals surface area contributed by atoms with Gasteiger partial charge < -0.3 is 9.88 Å². The highest BCUT2D eigenvalue weighted by Crippen LogP contribution is 2.36. The normalized spacial score (nSPS) is 15.2. The van der Waals surface area contributed by atoms with E-state index in [1.807, 2.05) is 31.2 Å². The molecule has 1 N–H and O–H groups in total. The van der Waals surface area contributed by atoms with E-state index in [0.29, 0.717) is 4.90 Å². The van der Waals surface area contributed by atoms with Gasteiger partial charge in [-0.3, -0.25) is 0 Å². The van der Waals surface area contributed by atoms with Gasteiger partial charge in [0, 0.05) is 55.2 Å². The molecule has 0 atom stereocenters. The zero-order chi connectivity index (χ0) is 19.2. The number of hydrogen-bond donors (Lipinski definition) is 1. The van der Waals surface area contributed by atoms with E-state index in [1.165, 1.54) is 4.31 Å². The molecule has 0 aliphatic carbocycles. The average Bonchev–Trinajstić information content (AvgIpc) is 3.30. The summed E-state index contributed by atoms with van der Waals surface area (Å²) < 4.78 is 26.6. The molecule has 3 aromatic rings. The van der Waals surface area contributed by atoms with Gasteiger partial charge in [0.1, 0.15) is 5.65 Å². The van der Waals surface area contributed by atoms with E-state index in [2.05, 4.69) is 14.9 Å². The quantitative estimate of drug-likeness (QED) is 0.749. The molecule has 6 nitrogen and oxygen atoms in total. The van der Waals surface area contributed by atoms with Gasteiger partial charge in [0.05, 0.1) is 4.90 Å². The van der Waals surface area contributed by atoms with Gasteiger partial charge in [0.25, 0.3) is 0 Å². The number of aromatic amines is 1. The number of aromatic nitrogens is 2. The lowest BCUT2D eigenvalue weighted by Crippen LogP contribution is -2.23. The topological polar surface area (TPSA) is 69.3 Å². The molecule has 1 saturated heterocycles. The first kappa shape index (κ1) is 18.0. The maximum absolute atomic E-state index is 12.7. The maximum atomic E-state index is 12.7. The molecule has 4 rings (SSSR count). The molecule has 0 spiro atoms. The highest BCUT2D eigenvalue weighted by Gasteiger charge is 2.23. The van der Waals surface area contributed by atoms with Crippen LogP contribution in [-0.2, 0) is 10.0 Å². The lowest BCUT2D eigenvalue weighted by atomic mass is 10.1. The molecule has 1 fully saturated rings. The number of pyridine rings is 1. The summed E-state index contributed by atoms with van der Waals surface area (Å²) in [5.74, 6) is 0. The molecular formula is C20H24N4O2S. The minimum atomic E-state index is -3.50. The Morgan fingerprint density at radius 1 is 1.07 bits per heavy atom. The number of nitrogens with one attached hydrogen (secondary N) is 1. The van der Waals surface area contributed by atoms with Crippen LogP contribution in [-0.4, -0.2) is 49.9 Å². The molecule has 1 aliphatic rings. The zero-order valence-corrected chi connectivity index (χ0v) is 16.7. The van der Waals surface area contributed by atoms with Crippen molar-refractivity contribution >= 4 is 26.7 Å². The molecule has 7 heteroatoms. The molecule has 1 aliphatic heterocycles. The van der Waals surface area contributed by atoms with E-state index in [1.54, 1.807) is 26.2 Å². The van der Waals surface area contributed by atoms with E-state index in [-0.39, 0.29) is 0 Å². The minimum absolute atomic E-state index is 0.299. The highest BCUT2D eigenvalue weighted by atomic mass is 32.2. The van der Waals surface area contributed by atoms with E-state index in [9.17, 15) is 8.42 Å². The van der Waals surface area contributed by atoms with Crippen molar-refractivity contribution in [2.24, 2.45) is 0 Å². The largest absolute Gasteiger partial charge is 0.371 e. The smallest absolute Gasteiger partial charge is 0.242 e. The molecular weight excluding hydrogens is 360 g/mol. The predicted octanol–water partition coefficient (Wildman–Crippen LogP) is 3.39. The van der Waals surface area contributed by atoms with Crippen LogP contribution in [0.2, 0.25) is 0 Å². The summed E-state index contributed by atoms with van der Waals surface area (Å²) in [5.41, 5.74) is 4.61. The number of sulfonamides is 1. The molecule has 2 aromatic heterocycles. The Morgan fingerprint density at radius 2 is 1.81 bits per heavy atom. The number of anilines is 1. The van der Waals surface area contributed by atoms with Crippen LogP contribution in [0.1, 0.15) is 18.5 Å². The van der Waals surface area contributed by atoms with Crippen LogP contribution < -0.4 is 4.90 Å². The van der Waals surface area contributed by atoms with Crippen LogP contribution in [0.5, 0.6) is 0 Å². The van der Waals surface area contributed by atoms with Crippen molar-refractivity contribution < 1.29 is 8.42 Å². The van der Waals surface area contributed by atoms with Gasteiger partial charge in [-0.1, -0.05) is 0 Å². The SMILES string of the molecule is Cc1ccc2cc(-c3cc(S(=O)(=O)N(C)C)ccc3N3CCCC3)[nH]c2n1. The van der Waals surface area contributed by atoms with Crippen LogP contribution in [0.4, 0.5) is 5.69 Å². The van der Waals surface area contributed by atoms with Crippen molar-refractivity contribution in [2.75, 3.05) is 32.1 Å². The van der Waals surface area contributed by atoms with Gasteiger partial charge in [-0.05, 0) is 56.2 Å². The summed E-state index contributed by atoms with van der Waals surface area (Å²) in [4.78, 5) is 10.6. The summed E-state index contributed by atoms with van der Waals surface area (Å²) in [7, 11) is -0.390. The molecule has 0 unspecified atom stereocenters. The van der Waals surface area contributed by atoms with Crippen LogP contribution in [0, 0.1) is 6.92 Å². The van der Waals surface area contributed by atoms with Crippen LogP contribution >= 0.6 is 0 Å². The third-order valence-corrected chi connectivity index (χ3v) is 6.91. The Balaban J connectivity index is 1.91. The van der Waals surface area contributed by atoms with E-state index in [0.717, 1.165) is 59.6 Å². The fourth-order valence-corrected chi connectivity index (χ4v) is 4.51. The first-order valence-electron chi connectivity index (χ1n) is 9.14. The molecule has 0 amide bonds. The molecule has 0 radical (unpaired) electrons. The Bertz CT molecular complexity index is 1100. The Morgan fingerprint density at radius 3 is 2.52 bits per heavy atom. The van der Waals surface area contributed by atoms with Gasteiger partial charge >= 0.3 is 0 Å². The highest BCUT2D eigenvalue weighted by molar-refractivity contribution is 7.89. The number of hydrogen-bond acceptors (Lipinski definition) is 4. The van der Waals surface area contributed by atoms with Gasteiger partial charge in [-0.25, -0.2) is 17.7 Å². The molecule has 142 valence electrons. The van der Waals surface area contributed by atoms with Crippen molar-refractivity contribution in [3.8, 4) is 11.3 Å². The summed E-state index contributed by atoms with van der Waals surface area (Å²) >= 11 is 0. The lowest BCUT2D eigenvalue weighted by molar-refractivity contribution is 0.521. The fourth-order valence-electron chi connectivity index (χ4n) is 3.58. The summed E-state index contributed by atoms with van der Waals surface area (Å²) in [6.07, 6.45) is 2.31. The Hall–Kier alpha value is -2.38. The van der Waals surface area contributed by atoms with Gasteiger partial charge in [-0.2, -0.15) is 0 Å². The summed E-state index contributed by atoms with van der Waals surface area (Å²) in [6, 6.07) is 11.5. The van der Waals surface area contributed by atoms with Crippen LogP contribution in [0.3, 0.4) is 0 Å². The predicted molar refractivity (Wildman–Crippen MR) is 109 cm³/mol. The van der Waals surface area contributed by atoms with Crippen molar-refractivity contribution in [3.63, 3.8) is 0 Å². The first-order valence-corrected chi connectivity index (χ1v) is 10.6. The molecule has 3 heterocycles. The number of benzene rings is 1. The van der Waals surface area contributed by atoms with Gasteiger partial charge in [0.2, 0.25) is 10.0 Å². The lowest BCUT2D eigenvalue weighted by Gasteiger charge is -2.22. The number of nitrogens with zero attached hydrogens (tertiary/aromatic N) is 3. The zero-order valence-electron chi connectivity index (χ0n) is 15.9. The molecule has 27 heavy (non-hydrogen) atoms. The second-order valence-corrected chi connectivity index (χ2v) is 9.39. The third-order valence-electron chi connectivity index (χ3n) is 5.10. The van der Waals surface area contributed by atoms with Crippen molar-refractivity contribution in [3.05, 3.63) is 42.1 Å². The standard InChI is InChI=1S/C20H24N4O2S/c1-14-6-7-15-12-18(22-20(15)21-14)17-13-16(27(25,26)23(2)3)8-9-19(17)24-10-4-5-11-24/h6-9,12-13H,4-5,10-11H2,1-3H3,(H,21,22). The third kappa shape index (κ3) is 3.21. The Kier molecular flexibility index (Phi) is 4.44. The molecule has 1 aromatic carbocycles. The molecule has 0 bridgehead atoms. The average molecular weight is 385 g/mol. The number of fused-ring (bicyclic) bond motifs is 1. The van der Waals surface area contributed by atoms with Gasteiger partial charge in [-0.15, -0.1) is 0 Å². The van der Waals surface area contributed by atoms with Gasteiger partial charge in [0.15, 0.2) is 0 Å². The van der Waals surface area contributed by atoms with E-state index >= 15 is 0 Å². The minimum Gasteiger partial charge on any atom is -0.371 e. The second kappa shape index (κ2) is 6.65. The van der Waals surface area contributed by atoms with Crippen LogP contribution in [0.25, 0.3) is 22.3 Å². The molecule has 0 saturated carbocycles. The van der Waals surface area contributed by atoms with Crippen molar-refractivity contribution in [2.45, 2.75) is 24.7 Å². The monoisotopic (exact) mass is 384 g/mol. The second-order valence-electron chi connectivity index (χ2n) is 7.23. The number of H-pyrrole nitrogens is 1. The first-order chi connectivity index (χ1) is 12.9. The number of rotatable bonds is 4. The van der Waals surface area contributed by atoms with E-state index < -0.39 is 10.0 Å². The van der Waals surface area contributed by atoms with Crippen LogP contribution in [0.15, 0.2) is 41.3 Å². The number of aryl methyl sites for hydroxylation is 1. The maximum Gasteiger partial charge on any atom is 0.242 e. The summed E-state index contributed by atoms with van der Waals surface area (Å²) in [5, 5.41) is 1.02. The Labute approximate surface area is 159 Å². The van der Waals surface area contributed by atoms with Crippen molar-refractivity contribution in [1.82, 2.24) is 14.3 Å². The van der Waals surface area contributed by atoms with Crippen molar-refractivity contribution in [1.29, 1.82) is 0 Å². The summed E-state index contributed by atoms with van der Waals surface area (Å²) in [6.45, 7) is 3.94. The van der Waals surface area contributed by atoms with E-state index in [4.69, 9.17) is 0 Å².